The maximum absolute atomic E-state index is 12.2. The van der Waals surface area contributed by atoms with E-state index in [4.69, 9.17) is 21.4 Å². The lowest BCUT2D eigenvalue weighted by atomic mass is 10.1. The molecule has 102 valence electrons. The fraction of sp³-hybridized carbons (Fsp3) is 0.385. The predicted octanol–water partition coefficient (Wildman–Crippen LogP) is 1.66. The van der Waals surface area contributed by atoms with E-state index in [2.05, 4.69) is 0 Å². The molecule has 1 aliphatic heterocycles. The number of carbonyl (C=O) groups is 2. The Morgan fingerprint density at radius 2 is 2.26 bits per heavy atom. The molecule has 0 radical (unpaired) electrons. The van der Waals surface area contributed by atoms with Gasteiger partial charge in [0.15, 0.2) is 0 Å². The third-order valence-electron chi connectivity index (χ3n) is 2.90. The SMILES string of the molecule is O=C(O)CC1CN(C(=O)c2cccc(Cl)c2)CCO1. The molecule has 0 aromatic heterocycles. The van der Waals surface area contributed by atoms with Gasteiger partial charge >= 0.3 is 5.97 Å². The zero-order valence-corrected chi connectivity index (χ0v) is 11.0. The average Bonchev–Trinajstić information content (AvgIpc) is 2.37. The molecule has 1 unspecified atom stereocenters. The zero-order chi connectivity index (χ0) is 13.8. The number of carboxylic acid groups (broad SMARTS) is 1. The number of amides is 1. The Bertz CT molecular complexity index is 491. The van der Waals surface area contributed by atoms with Crippen LogP contribution >= 0.6 is 11.6 Å². The van der Waals surface area contributed by atoms with Gasteiger partial charge in [-0.3, -0.25) is 9.59 Å². The van der Waals surface area contributed by atoms with Crippen molar-refractivity contribution in [3.05, 3.63) is 34.9 Å². The molecule has 1 saturated heterocycles. The molecule has 1 N–H and O–H groups in total. The topological polar surface area (TPSA) is 66.8 Å². The summed E-state index contributed by atoms with van der Waals surface area (Å²) in [5.74, 6) is -1.08. The summed E-state index contributed by atoms with van der Waals surface area (Å²) in [5, 5.41) is 9.24. The quantitative estimate of drug-likeness (QED) is 0.916. The van der Waals surface area contributed by atoms with Crippen molar-refractivity contribution in [1.82, 2.24) is 4.90 Å². The van der Waals surface area contributed by atoms with Crippen LogP contribution in [-0.4, -0.2) is 47.7 Å². The Kier molecular flexibility index (Phi) is 4.39. The third-order valence-corrected chi connectivity index (χ3v) is 3.13. The number of rotatable bonds is 3. The van der Waals surface area contributed by atoms with E-state index in [0.29, 0.717) is 23.7 Å². The summed E-state index contributed by atoms with van der Waals surface area (Å²) in [6.07, 6.45) is -0.548. The first-order chi connectivity index (χ1) is 9.06. The summed E-state index contributed by atoms with van der Waals surface area (Å²) in [6.45, 7) is 1.10. The van der Waals surface area contributed by atoms with Gasteiger partial charge in [-0.15, -0.1) is 0 Å². The maximum atomic E-state index is 12.2. The second-order valence-corrected chi connectivity index (χ2v) is 4.79. The van der Waals surface area contributed by atoms with Crippen LogP contribution in [0.25, 0.3) is 0 Å². The lowest BCUT2D eigenvalue weighted by Crippen LogP contribution is -2.46. The largest absolute Gasteiger partial charge is 0.481 e. The van der Waals surface area contributed by atoms with E-state index in [1.54, 1.807) is 29.2 Å². The van der Waals surface area contributed by atoms with Gasteiger partial charge in [-0.2, -0.15) is 0 Å². The molecular formula is C13H14ClNO4. The van der Waals surface area contributed by atoms with Crippen molar-refractivity contribution in [3.8, 4) is 0 Å². The fourth-order valence-electron chi connectivity index (χ4n) is 2.03. The number of aliphatic carboxylic acids is 1. The highest BCUT2D eigenvalue weighted by Crippen LogP contribution is 2.16. The molecule has 0 aliphatic carbocycles. The summed E-state index contributed by atoms with van der Waals surface area (Å²) in [4.78, 5) is 24.5. The minimum absolute atomic E-state index is 0.0979. The maximum Gasteiger partial charge on any atom is 0.306 e. The summed E-state index contributed by atoms with van der Waals surface area (Å²) >= 11 is 5.85. The molecule has 2 rings (SSSR count). The minimum atomic E-state index is -0.929. The normalized spacial score (nSPS) is 19.2. The number of hydrogen-bond donors (Lipinski definition) is 1. The van der Waals surface area contributed by atoms with Crippen molar-refractivity contribution in [2.45, 2.75) is 12.5 Å². The standard InChI is InChI=1S/C13H14ClNO4/c14-10-3-1-2-9(6-10)13(18)15-4-5-19-11(8-15)7-12(16)17/h1-3,6,11H,4-5,7-8H2,(H,16,17). The van der Waals surface area contributed by atoms with Crippen molar-refractivity contribution in [2.24, 2.45) is 0 Å². The highest BCUT2D eigenvalue weighted by Gasteiger charge is 2.26. The molecule has 1 atom stereocenters. The molecule has 1 aromatic rings. The van der Waals surface area contributed by atoms with Crippen LogP contribution in [0.15, 0.2) is 24.3 Å². The highest BCUT2D eigenvalue weighted by molar-refractivity contribution is 6.30. The minimum Gasteiger partial charge on any atom is -0.481 e. The van der Waals surface area contributed by atoms with E-state index in [0.717, 1.165) is 0 Å². The van der Waals surface area contributed by atoms with Crippen molar-refractivity contribution in [3.63, 3.8) is 0 Å². The van der Waals surface area contributed by atoms with Gasteiger partial charge in [0, 0.05) is 23.7 Å². The molecule has 1 aliphatic rings. The van der Waals surface area contributed by atoms with Gasteiger partial charge in [0.05, 0.1) is 19.1 Å². The lowest BCUT2D eigenvalue weighted by Gasteiger charge is -2.32. The van der Waals surface area contributed by atoms with Gasteiger partial charge < -0.3 is 14.7 Å². The second kappa shape index (κ2) is 6.04. The molecular weight excluding hydrogens is 270 g/mol. The Hall–Kier alpha value is -1.59. The Balaban J connectivity index is 2.04. The van der Waals surface area contributed by atoms with Crippen LogP contribution in [0.1, 0.15) is 16.8 Å². The van der Waals surface area contributed by atoms with E-state index in [1.165, 1.54) is 0 Å². The van der Waals surface area contributed by atoms with Gasteiger partial charge in [-0.05, 0) is 18.2 Å². The van der Waals surface area contributed by atoms with E-state index in [1.807, 2.05) is 0 Å². The molecule has 1 amide bonds. The highest BCUT2D eigenvalue weighted by atomic mass is 35.5. The Morgan fingerprint density at radius 1 is 1.47 bits per heavy atom. The van der Waals surface area contributed by atoms with Crippen molar-refractivity contribution in [1.29, 1.82) is 0 Å². The van der Waals surface area contributed by atoms with E-state index < -0.39 is 12.1 Å². The molecule has 5 nitrogen and oxygen atoms in total. The van der Waals surface area contributed by atoms with Gasteiger partial charge in [0.2, 0.25) is 0 Å². The van der Waals surface area contributed by atoms with Crippen LogP contribution in [-0.2, 0) is 9.53 Å². The smallest absolute Gasteiger partial charge is 0.306 e. The number of morpholine rings is 1. The number of ether oxygens (including phenoxy) is 1. The monoisotopic (exact) mass is 283 g/mol. The van der Waals surface area contributed by atoms with Crippen LogP contribution in [0.2, 0.25) is 5.02 Å². The van der Waals surface area contributed by atoms with Gasteiger partial charge in [-0.25, -0.2) is 0 Å². The third kappa shape index (κ3) is 3.68. The fourth-order valence-corrected chi connectivity index (χ4v) is 2.22. The first kappa shape index (κ1) is 13.8. The lowest BCUT2D eigenvalue weighted by molar-refractivity contribution is -0.141. The number of hydrogen-bond acceptors (Lipinski definition) is 3. The van der Waals surface area contributed by atoms with Gasteiger partial charge in [-0.1, -0.05) is 17.7 Å². The molecule has 1 fully saturated rings. The van der Waals surface area contributed by atoms with Crippen molar-refractivity contribution in [2.75, 3.05) is 19.7 Å². The van der Waals surface area contributed by atoms with Crippen molar-refractivity contribution < 1.29 is 19.4 Å². The number of nitrogens with zero attached hydrogens (tertiary/aromatic N) is 1. The molecule has 0 saturated carbocycles. The Morgan fingerprint density at radius 3 is 2.95 bits per heavy atom. The summed E-state index contributed by atoms with van der Waals surface area (Å²) < 4.78 is 5.33. The molecule has 1 heterocycles. The van der Waals surface area contributed by atoms with Gasteiger partial charge in [0.1, 0.15) is 0 Å². The number of carbonyl (C=O) groups excluding carboxylic acids is 1. The number of carboxylic acids is 1. The van der Waals surface area contributed by atoms with E-state index in [-0.39, 0.29) is 18.9 Å². The molecule has 0 bridgehead atoms. The van der Waals surface area contributed by atoms with Gasteiger partial charge in [0.25, 0.3) is 5.91 Å². The Labute approximate surface area is 115 Å². The first-order valence-electron chi connectivity index (χ1n) is 5.94. The van der Waals surface area contributed by atoms with Crippen LogP contribution in [0.5, 0.6) is 0 Å². The molecule has 19 heavy (non-hydrogen) atoms. The number of halogens is 1. The second-order valence-electron chi connectivity index (χ2n) is 4.35. The number of benzene rings is 1. The summed E-state index contributed by atoms with van der Waals surface area (Å²) in [5.41, 5.74) is 0.503. The zero-order valence-electron chi connectivity index (χ0n) is 10.2. The first-order valence-corrected chi connectivity index (χ1v) is 6.32. The van der Waals surface area contributed by atoms with Crippen LogP contribution in [0.3, 0.4) is 0 Å². The van der Waals surface area contributed by atoms with Crippen LogP contribution < -0.4 is 0 Å². The summed E-state index contributed by atoms with van der Waals surface area (Å²) in [7, 11) is 0. The molecule has 1 aromatic carbocycles. The molecule has 6 heteroatoms. The van der Waals surface area contributed by atoms with E-state index in [9.17, 15) is 9.59 Å². The predicted molar refractivity (Wildman–Crippen MR) is 69.3 cm³/mol. The van der Waals surface area contributed by atoms with Crippen LogP contribution in [0, 0.1) is 0 Å². The average molecular weight is 284 g/mol. The van der Waals surface area contributed by atoms with E-state index >= 15 is 0 Å². The molecule has 0 spiro atoms. The summed E-state index contributed by atoms with van der Waals surface area (Å²) in [6, 6.07) is 6.71. The van der Waals surface area contributed by atoms with Crippen LogP contribution in [0.4, 0.5) is 0 Å². The van der Waals surface area contributed by atoms with Crippen molar-refractivity contribution >= 4 is 23.5 Å².